The van der Waals surface area contributed by atoms with Crippen LogP contribution >= 0.6 is 0 Å². The number of hydrogen-bond donors (Lipinski definition) is 2. The molecule has 2 aromatic heterocycles. The van der Waals surface area contributed by atoms with Crippen LogP contribution in [-0.2, 0) is 17.7 Å². The van der Waals surface area contributed by atoms with Crippen molar-refractivity contribution in [1.82, 2.24) is 24.8 Å². The Morgan fingerprint density at radius 2 is 1.74 bits per heavy atom. The van der Waals surface area contributed by atoms with Crippen LogP contribution in [0.1, 0.15) is 45.8 Å². The Hall–Kier alpha value is -4.35. The van der Waals surface area contributed by atoms with Crippen LogP contribution in [0, 0.1) is 0 Å². The van der Waals surface area contributed by atoms with E-state index in [2.05, 4.69) is 27.8 Å². The van der Waals surface area contributed by atoms with Crippen molar-refractivity contribution in [2.75, 3.05) is 44.8 Å². The second kappa shape index (κ2) is 14.4. The molecule has 2 N–H and O–H groups in total. The SMILES string of the molecule is CN(C)CC[S+]([O-])c1ccccc1Cn1c(=O)c(C(=O)c2ccccc2)cc2cnc(Nc3ccc(C4CCNCC4)cc3)nc21. The zero-order valence-corrected chi connectivity index (χ0v) is 26.9. The fourth-order valence-electron chi connectivity index (χ4n) is 5.80. The molecule has 0 saturated carbocycles. The van der Waals surface area contributed by atoms with Crippen molar-refractivity contribution in [3.63, 3.8) is 0 Å². The molecule has 1 atom stereocenters. The first kappa shape index (κ1) is 31.6. The molecule has 1 aliphatic rings. The fraction of sp³-hybridized carbons (Fsp3) is 0.278. The van der Waals surface area contributed by atoms with E-state index in [1.165, 1.54) is 10.1 Å². The minimum Gasteiger partial charge on any atom is -0.611 e. The summed E-state index contributed by atoms with van der Waals surface area (Å²) in [5, 5.41) is 7.25. The van der Waals surface area contributed by atoms with Gasteiger partial charge in [0.25, 0.3) is 5.56 Å². The molecular weight excluding hydrogens is 597 g/mol. The van der Waals surface area contributed by atoms with E-state index in [0.29, 0.717) is 45.7 Å². The molecule has 1 unspecified atom stereocenters. The summed E-state index contributed by atoms with van der Waals surface area (Å²) in [4.78, 5) is 39.7. The topological polar surface area (TPSA) is 115 Å². The largest absolute Gasteiger partial charge is 0.611 e. The quantitative estimate of drug-likeness (QED) is 0.155. The van der Waals surface area contributed by atoms with Crippen molar-refractivity contribution in [3.8, 4) is 0 Å². The second-order valence-electron chi connectivity index (χ2n) is 11.8. The van der Waals surface area contributed by atoms with Gasteiger partial charge in [0.05, 0.1) is 12.1 Å². The number of carbonyl (C=O) groups excluding carboxylic acids is 1. The number of hydrogen-bond acceptors (Lipinski definition) is 8. The minimum atomic E-state index is -1.28. The third-order valence-corrected chi connectivity index (χ3v) is 9.80. The molecule has 0 aliphatic carbocycles. The molecule has 5 aromatic rings. The number of aromatic nitrogens is 3. The van der Waals surface area contributed by atoms with Gasteiger partial charge in [-0.1, -0.05) is 60.7 Å². The monoisotopic (exact) mass is 634 g/mol. The predicted molar refractivity (Wildman–Crippen MR) is 184 cm³/mol. The molecule has 0 amide bonds. The molecule has 10 heteroatoms. The smallest absolute Gasteiger partial charge is 0.263 e. The fourth-order valence-corrected chi connectivity index (χ4v) is 7.21. The lowest BCUT2D eigenvalue weighted by Crippen LogP contribution is -2.29. The van der Waals surface area contributed by atoms with Gasteiger partial charge in [-0.3, -0.25) is 14.2 Å². The van der Waals surface area contributed by atoms with E-state index >= 15 is 0 Å². The number of rotatable bonds is 11. The summed E-state index contributed by atoms with van der Waals surface area (Å²) < 4.78 is 14.9. The highest BCUT2D eigenvalue weighted by atomic mass is 32.2. The summed E-state index contributed by atoms with van der Waals surface area (Å²) >= 11 is -1.28. The van der Waals surface area contributed by atoms with Gasteiger partial charge in [0, 0.05) is 34.9 Å². The van der Waals surface area contributed by atoms with Crippen molar-refractivity contribution in [2.24, 2.45) is 0 Å². The number of benzene rings is 3. The summed E-state index contributed by atoms with van der Waals surface area (Å²) in [6.45, 7) is 2.82. The molecule has 9 nitrogen and oxygen atoms in total. The Morgan fingerprint density at radius 3 is 2.48 bits per heavy atom. The van der Waals surface area contributed by atoms with E-state index in [4.69, 9.17) is 4.98 Å². The molecule has 0 radical (unpaired) electrons. The molecule has 1 saturated heterocycles. The Balaban J connectivity index is 1.38. The van der Waals surface area contributed by atoms with Crippen molar-refractivity contribution >= 4 is 39.6 Å². The average Bonchev–Trinajstić information content (AvgIpc) is 3.09. The van der Waals surface area contributed by atoms with Crippen molar-refractivity contribution in [2.45, 2.75) is 30.2 Å². The molecule has 6 rings (SSSR count). The summed E-state index contributed by atoms with van der Waals surface area (Å²) in [7, 11) is 3.89. The van der Waals surface area contributed by atoms with Crippen LogP contribution in [0.2, 0.25) is 0 Å². The standard InChI is InChI=1S/C36H38N6O3S/c1-41(2)20-21-46(45)32-11-7-6-10-28(32)24-42-34-29(22-31(35(42)44)33(43)27-8-4-3-5-9-27)23-38-36(40-34)39-30-14-12-25(13-15-30)26-16-18-37-19-17-26/h3-15,22-23,26,37H,16-21,24H2,1-2H3,(H,38,39,40). The van der Waals surface area contributed by atoms with Gasteiger partial charge in [-0.15, -0.1) is 0 Å². The van der Waals surface area contributed by atoms with Crippen LogP contribution in [-0.4, -0.2) is 69.3 Å². The molecule has 0 bridgehead atoms. The third kappa shape index (κ3) is 7.21. The number of nitrogens with one attached hydrogen (secondary N) is 2. The van der Waals surface area contributed by atoms with Gasteiger partial charge in [-0.2, -0.15) is 4.98 Å². The number of piperidine rings is 1. The first-order valence-corrected chi connectivity index (χ1v) is 16.9. The van der Waals surface area contributed by atoms with Crippen LogP contribution in [0.3, 0.4) is 0 Å². The molecule has 3 aromatic carbocycles. The highest BCUT2D eigenvalue weighted by Gasteiger charge is 2.22. The van der Waals surface area contributed by atoms with Crippen molar-refractivity contribution < 1.29 is 9.35 Å². The number of anilines is 2. The van der Waals surface area contributed by atoms with E-state index in [9.17, 15) is 14.1 Å². The van der Waals surface area contributed by atoms with Gasteiger partial charge in [-0.05, 0) is 86.9 Å². The van der Waals surface area contributed by atoms with E-state index in [-0.39, 0.29) is 17.9 Å². The summed E-state index contributed by atoms with van der Waals surface area (Å²) in [6.07, 6.45) is 3.88. The molecule has 1 aliphatic heterocycles. The van der Waals surface area contributed by atoms with Crippen LogP contribution in [0.5, 0.6) is 0 Å². The van der Waals surface area contributed by atoms with E-state index in [1.54, 1.807) is 36.5 Å². The summed E-state index contributed by atoms with van der Waals surface area (Å²) in [6, 6.07) is 26.1. The Labute approximate surface area is 271 Å². The van der Waals surface area contributed by atoms with Crippen LogP contribution in [0.15, 0.2) is 101 Å². The third-order valence-electron chi connectivity index (χ3n) is 8.36. The lowest BCUT2D eigenvalue weighted by Gasteiger charge is -2.23. The lowest BCUT2D eigenvalue weighted by atomic mass is 9.90. The Bertz CT molecular complexity index is 1870. The molecular formula is C36H38N6O3S. The van der Waals surface area contributed by atoms with Gasteiger partial charge in [0.15, 0.2) is 10.7 Å². The van der Waals surface area contributed by atoms with Crippen LogP contribution in [0.4, 0.5) is 11.6 Å². The Kier molecular flexibility index (Phi) is 9.89. The van der Waals surface area contributed by atoms with E-state index < -0.39 is 16.7 Å². The molecule has 236 valence electrons. The van der Waals surface area contributed by atoms with Gasteiger partial charge in [0.2, 0.25) is 5.95 Å². The number of nitrogens with zero attached hydrogens (tertiary/aromatic N) is 4. The lowest BCUT2D eigenvalue weighted by molar-refractivity contribution is 0.103. The van der Waals surface area contributed by atoms with E-state index in [1.807, 2.05) is 61.5 Å². The van der Waals surface area contributed by atoms with Crippen molar-refractivity contribution in [3.05, 3.63) is 124 Å². The zero-order valence-electron chi connectivity index (χ0n) is 26.1. The molecule has 0 spiro atoms. The number of pyridine rings is 1. The molecule has 1 fully saturated rings. The minimum absolute atomic E-state index is 0.0303. The maximum atomic E-state index is 14.1. The van der Waals surface area contributed by atoms with Crippen LogP contribution < -0.4 is 16.2 Å². The normalized spacial score (nSPS) is 14.4. The number of fused-ring (bicyclic) bond motifs is 1. The van der Waals surface area contributed by atoms with Gasteiger partial charge in [-0.25, -0.2) is 4.98 Å². The van der Waals surface area contributed by atoms with Crippen LogP contribution in [0.25, 0.3) is 11.0 Å². The maximum Gasteiger partial charge on any atom is 0.263 e. The van der Waals surface area contributed by atoms with Gasteiger partial charge in [0.1, 0.15) is 11.4 Å². The zero-order chi connectivity index (χ0) is 32.0. The number of carbonyl (C=O) groups is 1. The van der Waals surface area contributed by atoms with Gasteiger partial charge >= 0.3 is 0 Å². The highest BCUT2D eigenvalue weighted by Crippen LogP contribution is 2.27. The van der Waals surface area contributed by atoms with Crippen molar-refractivity contribution in [1.29, 1.82) is 0 Å². The second-order valence-corrected chi connectivity index (χ2v) is 13.4. The first-order valence-electron chi connectivity index (χ1n) is 15.6. The predicted octanol–water partition coefficient (Wildman–Crippen LogP) is 4.95. The average molecular weight is 635 g/mol. The molecule has 3 heterocycles. The number of ketones is 1. The first-order chi connectivity index (χ1) is 22.4. The summed E-state index contributed by atoms with van der Waals surface area (Å²) in [5.74, 6) is 0.966. The van der Waals surface area contributed by atoms with E-state index in [0.717, 1.165) is 37.2 Å². The Morgan fingerprint density at radius 1 is 1.02 bits per heavy atom. The highest BCUT2D eigenvalue weighted by molar-refractivity contribution is 7.91. The summed E-state index contributed by atoms with van der Waals surface area (Å²) in [5.41, 5.74) is 3.25. The van der Waals surface area contributed by atoms with Gasteiger partial charge < -0.3 is 20.1 Å². The maximum absolute atomic E-state index is 14.1. The molecule has 46 heavy (non-hydrogen) atoms.